The molecular weight excluding hydrogens is 368 g/mol. The molecule has 0 unspecified atom stereocenters. The van der Waals surface area contributed by atoms with Crippen LogP contribution in [0, 0.1) is 0 Å². The molecule has 7 nitrogen and oxygen atoms in total. The van der Waals surface area contributed by atoms with Gasteiger partial charge < -0.3 is 15.0 Å². The summed E-state index contributed by atoms with van der Waals surface area (Å²) in [6.07, 6.45) is 0.00269. The van der Waals surface area contributed by atoms with Crippen molar-refractivity contribution in [1.29, 1.82) is 0 Å². The van der Waals surface area contributed by atoms with Gasteiger partial charge in [-0.05, 0) is 38.4 Å². The summed E-state index contributed by atoms with van der Waals surface area (Å²) < 4.78 is 7.14. The molecule has 0 saturated heterocycles. The summed E-state index contributed by atoms with van der Waals surface area (Å²) >= 11 is 0. The van der Waals surface area contributed by atoms with E-state index in [2.05, 4.69) is 10.4 Å². The van der Waals surface area contributed by atoms with Crippen molar-refractivity contribution >= 4 is 5.91 Å². The molecule has 1 amide bonds. The Hall–Kier alpha value is -3.45. The molecule has 1 N–H and O–H groups in total. The van der Waals surface area contributed by atoms with Crippen LogP contribution in [0.15, 0.2) is 71.5 Å². The molecule has 2 aromatic carbocycles. The summed E-state index contributed by atoms with van der Waals surface area (Å²) in [5.41, 5.74) is 0.677. The van der Waals surface area contributed by atoms with Crippen LogP contribution in [0.5, 0.6) is 11.5 Å². The molecule has 7 heteroatoms. The standard InChI is InChI=1S/C22H24N4O3/c1-25(2)14-13-23-21(27)15-19-20(29-18-11-7-4-8-12-18)16-22(28)26(24-19)17-9-5-3-6-10-17/h3-12,16H,13-15H2,1-2H3,(H,23,27). The second kappa shape index (κ2) is 9.66. The molecule has 3 rings (SSSR count). The number of carbonyl (C=O) groups is 1. The topological polar surface area (TPSA) is 76.5 Å². The molecular formula is C22H24N4O3. The Morgan fingerprint density at radius 1 is 1.07 bits per heavy atom. The van der Waals surface area contributed by atoms with Crippen molar-refractivity contribution in [3.05, 3.63) is 82.8 Å². The van der Waals surface area contributed by atoms with Crippen molar-refractivity contribution in [2.45, 2.75) is 6.42 Å². The maximum atomic E-state index is 12.6. The second-order valence-electron chi connectivity index (χ2n) is 6.79. The van der Waals surface area contributed by atoms with Gasteiger partial charge in [-0.3, -0.25) is 9.59 Å². The molecule has 0 saturated carbocycles. The fourth-order valence-electron chi connectivity index (χ4n) is 2.69. The lowest BCUT2D eigenvalue weighted by molar-refractivity contribution is -0.120. The highest BCUT2D eigenvalue weighted by Gasteiger charge is 2.16. The number of hydrogen-bond donors (Lipinski definition) is 1. The molecule has 0 atom stereocenters. The third-order valence-corrected chi connectivity index (χ3v) is 4.15. The van der Waals surface area contributed by atoms with Crippen LogP contribution < -0.4 is 15.6 Å². The summed E-state index contributed by atoms with van der Waals surface area (Å²) in [6.45, 7) is 1.26. The first-order chi connectivity index (χ1) is 14.0. The lowest BCUT2D eigenvalue weighted by Crippen LogP contribution is -2.33. The van der Waals surface area contributed by atoms with Gasteiger partial charge in [0.1, 0.15) is 11.4 Å². The molecule has 0 radical (unpaired) electrons. The predicted octanol–water partition coefficient (Wildman–Crippen LogP) is 2.25. The van der Waals surface area contributed by atoms with Crippen LogP contribution in [0.4, 0.5) is 0 Å². The van der Waals surface area contributed by atoms with Gasteiger partial charge in [0, 0.05) is 13.1 Å². The average molecular weight is 392 g/mol. The third kappa shape index (κ3) is 5.76. The van der Waals surface area contributed by atoms with Crippen LogP contribution in [-0.2, 0) is 11.2 Å². The van der Waals surface area contributed by atoms with Gasteiger partial charge in [-0.25, -0.2) is 0 Å². The number of likely N-dealkylation sites (N-methyl/N-ethyl adjacent to an activating group) is 1. The number of carbonyl (C=O) groups excluding carboxylic acids is 1. The Bertz CT molecular complexity index is 1000. The minimum absolute atomic E-state index is 0.00269. The van der Waals surface area contributed by atoms with Gasteiger partial charge in [0.25, 0.3) is 5.56 Å². The molecule has 150 valence electrons. The average Bonchev–Trinajstić information content (AvgIpc) is 2.71. The Morgan fingerprint density at radius 2 is 1.72 bits per heavy atom. The molecule has 0 aliphatic heterocycles. The summed E-state index contributed by atoms with van der Waals surface area (Å²) in [7, 11) is 3.88. The molecule has 0 spiro atoms. The molecule has 3 aromatic rings. The number of nitrogens with one attached hydrogen (secondary N) is 1. The highest BCUT2D eigenvalue weighted by atomic mass is 16.5. The van der Waals surface area contributed by atoms with Crippen LogP contribution in [0.1, 0.15) is 5.69 Å². The fourth-order valence-corrected chi connectivity index (χ4v) is 2.69. The Labute approximate surface area is 169 Å². The van der Waals surface area contributed by atoms with Crippen molar-refractivity contribution in [3.8, 4) is 17.2 Å². The van der Waals surface area contributed by atoms with E-state index >= 15 is 0 Å². The highest BCUT2D eigenvalue weighted by Crippen LogP contribution is 2.23. The molecule has 1 aromatic heterocycles. The van der Waals surface area contributed by atoms with E-state index in [4.69, 9.17) is 4.74 Å². The van der Waals surface area contributed by atoms with Gasteiger partial charge in [-0.1, -0.05) is 36.4 Å². The molecule has 0 bridgehead atoms. The molecule has 29 heavy (non-hydrogen) atoms. The van der Waals surface area contributed by atoms with Crippen molar-refractivity contribution in [3.63, 3.8) is 0 Å². The zero-order valence-electron chi connectivity index (χ0n) is 16.5. The Kier molecular flexibility index (Phi) is 6.76. The van der Waals surface area contributed by atoms with Crippen molar-refractivity contribution < 1.29 is 9.53 Å². The zero-order valence-corrected chi connectivity index (χ0v) is 16.5. The number of amides is 1. The van der Waals surface area contributed by atoms with Gasteiger partial charge in [0.15, 0.2) is 5.75 Å². The van der Waals surface area contributed by atoms with Gasteiger partial charge in [-0.2, -0.15) is 9.78 Å². The third-order valence-electron chi connectivity index (χ3n) is 4.15. The first-order valence-electron chi connectivity index (χ1n) is 9.36. The van der Waals surface area contributed by atoms with Crippen LogP contribution in [0.25, 0.3) is 5.69 Å². The normalized spacial score (nSPS) is 10.7. The number of aromatic nitrogens is 2. The Morgan fingerprint density at radius 3 is 2.38 bits per heavy atom. The van der Waals surface area contributed by atoms with Crippen molar-refractivity contribution in [1.82, 2.24) is 20.0 Å². The van der Waals surface area contributed by atoms with Crippen LogP contribution in [0.2, 0.25) is 0 Å². The second-order valence-corrected chi connectivity index (χ2v) is 6.79. The number of para-hydroxylation sites is 2. The number of benzene rings is 2. The lowest BCUT2D eigenvalue weighted by atomic mass is 10.2. The van der Waals surface area contributed by atoms with Gasteiger partial charge in [-0.15, -0.1) is 0 Å². The largest absolute Gasteiger partial charge is 0.455 e. The van der Waals surface area contributed by atoms with Crippen LogP contribution in [0.3, 0.4) is 0 Å². The van der Waals surface area contributed by atoms with E-state index in [-0.39, 0.29) is 23.6 Å². The number of ether oxygens (including phenoxy) is 1. The smallest absolute Gasteiger partial charge is 0.275 e. The first-order valence-corrected chi connectivity index (χ1v) is 9.36. The summed E-state index contributed by atoms with van der Waals surface area (Å²) in [5, 5.41) is 7.29. The minimum Gasteiger partial charge on any atom is -0.455 e. The number of hydrogen-bond acceptors (Lipinski definition) is 5. The molecule has 0 aliphatic carbocycles. The highest BCUT2D eigenvalue weighted by molar-refractivity contribution is 5.78. The van der Waals surface area contributed by atoms with E-state index < -0.39 is 0 Å². The maximum Gasteiger partial charge on any atom is 0.275 e. The van der Waals surface area contributed by atoms with Crippen molar-refractivity contribution in [2.75, 3.05) is 27.2 Å². The number of nitrogens with zero attached hydrogens (tertiary/aromatic N) is 3. The first kappa shape index (κ1) is 20.3. The molecule has 0 fully saturated rings. The minimum atomic E-state index is -0.334. The zero-order chi connectivity index (χ0) is 20.6. The van der Waals surface area contributed by atoms with E-state index in [1.807, 2.05) is 55.4 Å². The van der Waals surface area contributed by atoms with Gasteiger partial charge >= 0.3 is 0 Å². The molecule has 1 heterocycles. The maximum absolute atomic E-state index is 12.6. The summed E-state index contributed by atoms with van der Waals surface area (Å²) in [6, 6.07) is 19.6. The van der Waals surface area contributed by atoms with Crippen LogP contribution >= 0.6 is 0 Å². The van der Waals surface area contributed by atoms with E-state index in [1.54, 1.807) is 24.3 Å². The quantitative estimate of drug-likeness (QED) is 0.636. The van der Waals surface area contributed by atoms with Gasteiger partial charge in [0.05, 0.1) is 18.2 Å². The SMILES string of the molecule is CN(C)CCNC(=O)Cc1nn(-c2ccccc2)c(=O)cc1Oc1ccccc1. The number of rotatable bonds is 8. The summed E-state index contributed by atoms with van der Waals surface area (Å²) in [4.78, 5) is 27.0. The van der Waals surface area contributed by atoms with E-state index in [0.717, 1.165) is 6.54 Å². The molecule has 0 aliphatic rings. The Balaban J connectivity index is 1.91. The van der Waals surface area contributed by atoms with Crippen LogP contribution in [-0.4, -0.2) is 47.8 Å². The van der Waals surface area contributed by atoms with E-state index in [0.29, 0.717) is 23.7 Å². The van der Waals surface area contributed by atoms with Crippen molar-refractivity contribution in [2.24, 2.45) is 0 Å². The monoisotopic (exact) mass is 392 g/mol. The fraction of sp³-hybridized carbons (Fsp3) is 0.227. The van der Waals surface area contributed by atoms with Gasteiger partial charge in [0.2, 0.25) is 5.91 Å². The summed E-state index contributed by atoms with van der Waals surface area (Å²) in [5.74, 6) is 0.659. The van der Waals surface area contributed by atoms with E-state index in [9.17, 15) is 9.59 Å². The predicted molar refractivity (Wildman–Crippen MR) is 112 cm³/mol. The van der Waals surface area contributed by atoms with E-state index in [1.165, 1.54) is 10.7 Å². The lowest BCUT2D eigenvalue weighted by Gasteiger charge is -2.14.